The molecule has 0 unspecified atom stereocenters. The minimum absolute atomic E-state index is 0.172. The van der Waals surface area contributed by atoms with Gasteiger partial charge in [0.05, 0.1) is 36.0 Å². The van der Waals surface area contributed by atoms with Gasteiger partial charge in [0.1, 0.15) is 0 Å². The lowest BCUT2D eigenvalue weighted by molar-refractivity contribution is -0.137. The molecule has 8 heteroatoms. The quantitative estimate of drug-likeness (QED) is 0.190. The summed E-state index contributed by atoms with van der Waals surface area (Å²) in [6, 6.07) is 25.6. The van der Waals surface area contributed by atoms with E-state index in [0.717, 1.165) is 12.1 Å². The number of hydrogen-bond acceptors (Lipinski definition) is 3. The Balaban J connectivity index is 1.67. The fraction of sp³-hybridized carbons (Fsp3) is 0.0968. The predicted octanol–water partition coefficient (Wildman–Crippen LogP) is 7.65. The number of rotatable bonds is 5. The number of para-hydroxylation sites is 1. The van der Waals surface area contributed by atoms with Gasteiger partial charge in [0.15, 0.2) is 0 Å². The summed E-state index contributed by atoms with van der Waals surface area (Å²) in [6.07, 6.45) is -4.49. The van der Waals surface area contributed by atoms with Crippen molar-refractivity contribution < 1.29 is 27.5 Å². The molecular weight excluding hydrogens is 527 g/mol. The Morgan fingerprint density at radius 1 is 0.846 bits per heavy atom. The number of anilines is 1. The van der Waals surface area contributed by atoms with Crippen LogP contribution in [0.3, 0.4) is 0 Å². The molecule has 0 atom stereocenters. The Kier molecular flexibility index (Phi) is 7.02. The summed E-state index contributed by atoms with van der Waals surface area (Å²) < 4.78 is 44.7. The lowest BCUT2D eigenvalue weighted by Gasteiger charge is -2.18. The van der Waals surface area contributed by atoms with E-state index in [4.69, 9.17) is 16.3 Å². The molecule has 1 heterocycles. The zero-order chi connectivity index (χ0) is 27.7. The number of benzene rings is 4. The number of nitrogens with zero attached hydrogens (tertiary/aromatic N) is 1. The first-order valence-electron chi connectivity index (χ1n) is 11.9. The van der Waals surface area contributed by atoms with Gasteiger partial charge in [0, 0.05) is 16.2 Å². The van der Waals surface area contributed by atoms with Crippen LogP contribution in [0.1, 0.15) is 38.2 Å². The third-order valence-corrected chi connectivity index (χ3v) is 6.75. The van der Waals surface area contributed by atoms with Crippen molar-refractivity contribution in [1.82, 2.24) is 0 Å². The molecule has 4 aromatic rings. The molecule has 4 nitrogen and oxygen atoms in total. The van der Waals surface area contributed by atoms with Gasteiger partial charge in [-0.3, -0.25) is 4.79 Å². The SMILES string of the molecule is COC(=O)c1cccc(CN2C(=O)/C(=C(\c3ccc(Cl)cc3)c3ccc(C(F)(F)F)cc3)c3ccccc32)c1. The van der Waals surface area contributed by atoms with Crippen LogP contribution in [0.15, 0.2) is 97.1 Å². The van der Waals surface area contributed by atoms with Crippen molar-refractivity contribution in [1.29, 1.82) is 0 Å². The summed E-state index contributed by atoms with van der Waals surface area (Å²) in [5, 5.41) is 0.487. The maximum Gasteiger partial charge on any atom is 0.416 e. The van der Waals surface area contributed by atoms with E-state index >= 15 is 0 Å². The second-order valence-electron chi connectivity index (χ2n) is 8.93. The molecular formula is C31H21ClF3NO3. The Morgan fingerprint density at radius 2 is 1.49 bits per heavy atom. The van der Waals surface area contributed by atoms with Gasteiger partial charge in [-0.15, -0.1) is 0 Å². The second kappa shape index (κ2) is 10.4. The first kappa shape index (κ1) is 26.3. The molecule has 4 aromatic carbocycles. The normalized spacial score (nSPS) is 14.3. The van der Waals surface area contributed by atoms with Crippen molar-refractivity contribution in [2.45, 2.75) is 12.7 Å². The molecule has 1 aliphatic rings. The van der Waals surface area contributed by atoms with Crippen molar-refractivity contribution >= 4 is 40.3 Å². The number of hydrogen-bond donors (Lipinski definition) is 0. The molecule has 0 aromatic heterocycles. The molecule has 0 spiro atoms. The van der Waals surface area contributed by atoms with Gasteiger partial charge in [0.2, 0.25) is 0 Å². The fourth-order valence-electron chi connectivity index (χ4n) is 4.67. The molecule has 0 radical (unpaired) electrons. The molecule has 39 heavy (non-hydrogen) atoms. The van der Waals surface area contributed by atoms with E-state index in [2.05, 4.69) is 0 Å². The third kappa shape index (κ3) is 5.18. The molecule has 0 saturated carbocycles. The monoisotopic (exact) mass is 547 g/mol. The Hall–Kier alpha value is -4.36. The fourth-order valence-corrected chi connectivity index (χ4v) is 4.80. The molecule has 1 aliphatic heterocycles. The van der Waals surface area contributed by atoms with Crippen LogP contribution in [0.4, 0.5) is 18.9 Å². The average molecular weight is 548 g/mol. The number of ether oxygens (including phenoxy) is 1. The summed E-state index contributed by atoms with van der Waals surface area (Å²) in [6.45, 7) is 0.172. The highest BCUT2D eigenvalue weighted by Gasteiger charge is 2.36. The molecule has 196 valence electrons. The maximum atomic E-state index is 14.1. The van der Waals surface area contributed by atoms with Crippen molar-refractivity contribution in [3.63, 3.8) is 0 Å². The summed E-state index contributed by atoms with van der Waals surface area (Å²) in [4.78, 5) is 27.7. The van der Waals surface area contributed by atoms with E-state index in [9.17, 15) is 22.8 Å². The highest BCUT2D eigenvalue weighted by atomic mass is 35.5. The molecule has 0 bridgehead atoms. The lowest BCUT2D eigenvalue weighted by Crippen LogP contribution is -2.26. The molecule has 5 rings (SSSR count). The van der Waals surface area contributed by atoms with Gasteiger partial charge < -0.3 is 9.64 Å². The van der Waals surface area contributed by atoms with Gasteiger partial charge in [-0.25, -0.2) is 4.79 Å². The Morgan fingerprint density at radius 3 is 2.13 bits per heavy atom. The van der Waals surface area contributed by atoms with E-state index in [0.29, 0.717) is 49.7 Å². The largest absolute Gasteiger partial charge is 0.465 e. The summed E-state index contributed by atoms with van der Waals surface area (Å²) in [5.41, 5.74) is 3.53. The second-order valence-corrected chi connectivity index (χ2v) is 9.37. The number of carbonyl (C=O) groups is 2. The van der Waals surface area contributed by atoms with Crippen molar-refractivity contribution in [3.05, 3.63) is 135 Å². The molecule has 0 saturated heterocycles. The van der Waals surface area contributed by atoms with E-state index < -0.39 is 17.7 Å². The van der Waals surface area contributed by atoms with Gasteiger partial charge in [-0.1, -0.05) is 66.2 Å². The number of alkyl halides is 3. The number of methoxy groups -OCH3 is 1. The standard InChI is InChI=1S/C31H21ClF3NO3/c1-39-30(38)22-6-4-5-19(17-22)18-36-26-8-3-2-7-25(26)28(29(36)37)27(21-11-15-24(32)16-12-21)20-9-13-23(14-10-20)31(33,34)35/h2-17H,18H2,1H3/b28-27-. The topological polar surface area (TPSA) is 46.6 Å². The van der Waals surface area contributed by atoms with E-state index in [1.807, 2.05) is 18.2 Å². The van der Waals surface area contributed by atoms with Crippen molar-refractivity contribution in [3.8, 4) is 0 Å². The van der Waals surface area contributed by atoms with E-state index in [-0.39, 0.29) is 12.5 Å². The number of amides is 1. The number of carbonyl (C=O) groups excluding carboxylic acids is 2. The van der Waals surface area contributed by atoms with Crippen LogP contribution in [-0.2, 0) is 22.3 Å². The summed E-state index contributed by atoms with van der Waals surface area (Å²) >= 11 is 6.11. The number of halogens is 4. The smallest absolute Gasteiger partial charge is 0.416 e. The zero-order valence-electron chi connectivity index (χ0n) is 20.6. The van der Waals surface area contributed by atoms with Crippen LogP contribution in [0.25, 0.3) is 11.1 Å². The van der Waals surface area contributed by atoms with Crippen LogP contribution < -0.4 is 4.90 Å². The Bertz CT molecular complexity index is 1590. The van der Waals surface area contributed by atoms with Crippen LogP contribution in [-0.4, -0.2) is 19.0 Å². The minimum Gasteiger partial charge on any atom is -0.465 e. The third-order valence-electron chi connectivity index (χ3n) is 6.50. The molecule has 0 fully saturated rings. The predicted molar refractivity (Wildman–Crippen MR) is 144 cm³/mol. The first-order chi connectivity index (χ1) is 18.7. The highest BCUT2D eigenvalue weighted by molar-refractivity contribution is 6.39. The van der Waals surface area contributed by atoms with Crippen molar-refractivity contribution in [2.24, 2.45) is 0 Å². The van der Waals surface area contributed by atoms with Crippen LogP contribution in [0.5, 0.6) is 0 Å². The maximum absolute atomic E-state index is 14.1. The van der Waals surface area contributed by atoms with Crippen LogP contribution in [0, 0.1) is 0 Å². The number of fused-ring (bicyclic) bond motifs is 1. The van der Waals surface area contributed by atoms with Crippen molar-refractivity contribution in [2.75, 3.05) is 12.0 Å². The van der Waals surface area contributed by atoms with E-state index in [1.165, 1.54) is 19.2 Å². The van der Waals surface area contributed by atoms with Crippen LogP contribution in [0.2, 0.25) is 5.02 Å². The Labute approximate surface area is 227 Å². The first-order valence-corrected chi connectivity index (χ1v) is 12.3. The zero-order valence-corrected chi connectivity index (χ0v) is 21.4. The molecule has 1 amide bonds. The van der Waals surface area contributed by atoms with Gasteiger partial charge in [-0.2, -0.15) is 13.2 Å². The molecule has 0 aliphatic carbocycles. The average Bonchev–Trinajstić information content (AvgIpc) is 3.20. The van der Waals surface area contributed by atoms with Gasteiger partial charge in [0.25, 0.3) is 5.91 Å². The van der Waals surface area contributed by atoms with Gasteiger partial charge in [-0.05, 0) is 59.2 Å². The lowest BCUT2D eigenvalue weighted by atomic mass is 9.89. The molecule has 0 N–H and O–H groups in total. The highest BCUT2D eigenvalue weighted by Crippen LogP contribution is 2.44. The summed E-state index contributed by atoms with van der Waals surface area (Å²) in [5.74, 6) is -0.803. The minimum atomic E-state index is -4.49. The number of esters is 1. The summed E-state index contributed by atoms with van der Waals surface area (Å²) in [7, 11) is 1.30. The van der Waals surface area contributed by atoms with E-state index in [1.54, 1.807) is 59.5 Å². The van der Waals surface area contributed by atoms with Crippen LogP contribution >= 0.6 is 11.6 Å². The van der Waals surface area contributed by atoms with Gasteiger partial charge >= 0.3 is 12.1 Å².